The number of carbonyl (C=O) groups excluding carboxylic acids is 2. The molecule has 2 aromatic heterocycles. The van der Waals surface area contributed by atoms with Crippen LogP contribution in [-0.4, -0.2) is 52.0 Å². The number of nitrogens with one attached hydrogen (secondary N) is 2. The Bertz CT molecular complexity index is 1120. The number of Topliss-reactive ketones (excluding diaryl/α,β-unsaturated/α-hetero) is 1. The number of hydrogen-bond acceptors (Lipinski definition) is 7. The zero-order chi connectivity index (χ0) is 22.5. The van der Waals surface area contributed by atoms with E-state index in [0.29, 0.717) is 28.3 Å². The van der Waals surface area contributed by atoms with Crippen LogP contribution in [0.4, 0.5) is 0 Å². The highest BCUT2D eigenvalue weighted by Crippen LogP contribution is 2.25. The van der Waals surface area contributed by atoms with Crippen molar-refractivity contribution in [3.05, 3.63) is 69.4 Å². The number of hydrogen-bond donors (Lipinski definition) is 3. The van der Waals surface area contributed by atoms with E-state index in [0.717, 1.165) is 25.1 Å². The van der Waals surface area contributed by atoms with Crippen LogP contribution in [0.15, 0.2) is 43.0 Å². The molecule has 32 heavy (non-hydrogen) atoms. The van der Waals surface area contributed by atoms with Gasteiger partial charge in [-0.1, -0.05) is 0 Å². The highest BCUT2D eigenvalue weighted by Gasteiger charge is 2.18. The van der Waals surface area contributed by atoms with Crippen molar-refractivity contribution >= 4 is 29.0 Å². The van der Waals surface area contributed by atoms with Crippen molar-refractivity contribution in [2.45, 2.75) is 19.5 Å². The van der Waals surface area contributed by atoms with E-state index >= 15 is 0 Å². The number of aromatic nitrogens is 2. The standard InChI is InChI=1S/C22H22N4O5S/c27-17(10-25-22(30)20-8-15-9-23-4-3-19(15)32-20)14-1-2-18(31-12-21(28)29)16(7-14)11-26-6-5-24-13-26/h1-2,5-8,13,23H,3-4,9-12H2,(H,25,30)(H,28,29). The number of amides is 1. The third-order valence-corrected chi connectivity index (χ3v) is 6.26. The van der Waals surface area contributed by atoms with E-state index in [-0.39, 0.29) is 18.2 Å². The van der Waals surface area contributed by atoms with E-state index in [9.17, 15) is 14.4 Å². The number of carboxylic acids is 1. The quantitative estimate of drug-likeness (QED) is 0.421. The van der Waals surface area contributed by atoms with Crippen LogP contribution in [-0.2, 0) is 24.3 Å². The summed E-state index contributed by atoms with van der Waals surface area (Å²) in [5, 5.41) is 14.9. The van der Waals surface area contributed by atoms with E-state index in [1.165, 1.54) is 16.2 Å². The number of carbonyl (C=O) groups is 3. The number of carboxylic acid groups (broad SMARTS) is 1. The first kappa shape index (κ1) is 21.7. The zero-order valence-electron chi connectivity index (χ0n) is 17.2. The predicted molar refractivity (Wildman–Crippen MR) is 117 cm³/mol. The number of benzene rings is 1. The van der Waals surface area contributed by atoms with Gasteiger partial charge in [-0.3, -0.25) is 9.59 Å². The first-order chi connectivity index (χ1) is 15.5. The molecule has 0 aliphatic carbocycles. The molecular weight excluding hydrogens is 432 g/mol. The number of aliphatic carboxylic acids is 1. The third-order valence-electron chi connectivity index (χ3n) is 5.02. The van der Waals surface area contributed by atoms with Gasteiger partial charge < -0.3 is 25.0 Å². The molecule has 1 aromatic carbocycles. The molecule has 0 atom stereocenters. The summed E-state index contributed by atoms with van der Waals surface area (Å²) in [5.41, 5.74) is 2.18. The molecule has 0 fully saturated rings. The minimum Gasteiger partial charge on any atom is -0.482 e. The Balaban J connectivity index is 1.44. The minimum absolute atomic E-state index is 0.139. The molecular formula is C22H22N4O5S. The lowest BCUT2D eigenvalue weighted by atomic mass is 10.1. The van der Waals surface area contributed by atoms with E-state index in [4.69, 9.17) is 9.84 Å². The highest BCUT2D eigenvalue weighted by atomic mass is 32.1. The Hall–Kier alpha value is -3.50. The van der Waals surface area contributed by atoms with Crippen molar-refractivity contribution < 1.29 is 24.2 Å². The first-order valence-electron chi connectivity index (χ1n) is 10.1. The van der Waals surface area contributed by atoms with Crippen LogP contribution in [0.3, 0.4) is 0 Å². The number of fused-ring (bicyclic) bond motifs is 1. The Morgan fingerprint density at radius 1 is 1.28 bits per heavy atom. The van der Waals surface area contributed by atoms with Crippen LogP contribution in [0.5, 0.6) is 5.75 Å². The molecule has 0 saturated heterocycles. The molecule has 1 aliphatic rings. The molecule has 1 amide bonds. The highest BCUT2D eigenvalue weighted by molar-refractivity contribution is 7.14. The summed E-state index contributed by atoms with van der Waals surface area (Å²) in [6.45, 7) is 1.39. The SMILES string of the molecule is O=C(O)COc1ccc(C(=O)CNC(=O)c2cc3c(s2)CCNC3)cc1Cn1ccnc1. The molecule has 0 unspecified atom stereocenters. The molecule has 0 spiro atoms. The Morgan fingerprint density at radius 2 is 2.16 bits per heavy atom. The van der Waals surface area contributed by atoms with Crippen molar-refractivity contribution in [1.29, 1.82) is 0 Å². The van der Waals surface area contributed by atoms with Gasteiger partial charge in [0, 0.05) is 41.5 Å². The number of rotatable bonds is 9. The van der Waals surface area contributed by atoms with E-state index in [1.807, 2.05) is 6.07 Å². The molecule has 10 heteroatoms. The minimum atomic E-state index is -1.09. The van der Waals surface area contributed by atoms with Gasteiger partial charge in [0.1, 0.15) is 5.75 Å². The molecule has 0 saturated carbocycles. The summed E-state index contributed by atoms with van der Waals surface area (Å²) in [6, 6.07) is 6.67. The lowest BCUT2D eigenvalue weighted by Gasteiger charge is -2.13. The average molecular weight is 455 g/mol. The Labute approximate surface area is 188 Å². The maximum atomic E-state index is 12.7. The van der Waals surface area contributed by atoms with Crippen molar-refractivity contribution in [2.24, 2.45) is 0 Å². The predicted octanol–water partition coefficient (Wildman–Crippen LogP) is 1.71. The summed E-state index contributed by atoms with van der Waals surface area (Å²) < 4.78 is 7.14. The Morgan fingerprint density at radius 3 is 2.91 bits per heavy atom. The molecule has 3 N–H and O–H groups in total. The van der Waals surface area contributed by atoms with E-state index < -0.39 is 12.6 Å². The molecule has 9 nitrogen and oxygen atoms in total. The van der Waals surface area contributed by atoms with E-state index in [2.05, 4.69) is 15.6 Å². The number of imidazole rings is 1. The normalized spacial score (nSPS) is 12.8. The average Bonchev–Trinajstić information content (AvgIpc) is 3.46. The van der Waals surface area contributed by atoms with Crippen molar-refractivity contribution in [2.75, 3.05) is 19.7 Å². The lowest BCUT2D eigenvalue weighted by Crippen LogP contribution is -2.29. The van der Waals surface area contributed by atoms with Gasteiger partial charge in [-0.15, -0.1) is 11.3 Å². The summed E-state index contributed by atoms with van der Waals surface area (Å²) in [4.78, 5) is 41.9. The summed E-state index contributed by atoms with van der Waals surface area (Å²) in [7, 11) is 0. The fourth-order valence-electron chi connectivity index (χ4n) is 3.45. The molecule has 0 radical (unpaired) electrons. The van der Waals surface area contributed by atoms with Gasteiger partial charge in [0.25, 0.3) is 5.91 Å². The second-order valence-corrected chi connectivity index (χ2v) is 8.47. The summed E-state index contributed by atoms with van der Waals surface area (Å²) in [5.74, 6) is -1.23. The van der Waals surface area contributed by atoms with Crippen LogP contribution >= 0.6 is 11.3 Å². The lowest BCUT2D eigenvalue weighted by molar-refractivity contribution is -0.139. The molecule has 1 aliphatic heterocycles. The molecule has 0 bridgehead atoms. The fourth-order valence-corrected chi connectivity index (χ4v) is 4.55. The summed E-state index contributed by atoms with van der Waals surface area (Å²) >= 11 is 1.47. The van der Waals surface area contributed by atoms with Crippen LogP contribution in [0.2, 0.25) is 0 Å². The smallest absolute Gasteiger partial charge is 0.341 e. The van der Waals surface area contributed by atoms with Crippen LogP contribution in [0.25, 0.3) is 0 Å². The van der Waals surface area contributed by atoms with Gasteiger partial charge in [0.15, 0.2) is 12.4 Å². The van der Waals surface area contributed by atoms with Gasteiger partial charge in [0.2, 0.25) is 0 Å². The van der Waals surface area contributed by atoms with Gasteiger partial charge in [0.05, 0.1) is 24.3 Å². The number of thiophene rings is 1. The van der Waals surface area contributed by atoms with Crippen molar-refractivity contribution in [3.63, 3.8) is 0 Å². The second-order valence-electron chi connectivity index (χ2n) is 7.33. The summed E-state index contributed by atoms with van der Waals surface area (Å²) in [6.07, 6.45) is 5.90. The Kier molecular flexibility index (Phi) is 6.62. The van der Waals surface area contributed by atoms with Gasteiger partial charge in [-0.25, -0.2) is 9.78 Å². The molecule has 3 aromatic rings. The van der Waals surface area contributed by atoms with Gasteiger partial charge >= 0.3 is 5.97 Å². The van der Waals surface area contributed by atoms with Gasteiger partial charge in [-0.2, -0.15) is 0 Å². The second kappa shape index (κ2) is 9.75. The monoisotopic (exact) mass is 454 g/mol. The molecule has 3 heterocycles. The van der Waals surface area contributed by atoms with Crippen LogP contribution < -0.4 is 15.4 Å². The van der Waals surface area contributed by atoms with Crippen LogP contribution in [0, 0.1) is 0 Å². The topological polar surface area (TPSA) is 123 Å². The third kappa shape index (κ3) is 5.21. The number of nitrogens with zero attached hydrogens (tertiary/aromatic N) is 2. The van der Waals surface area contributed by atoms with Gasteiger partial charge in [-0.05, 0) is 36.2 Å². The van der Waals surface area contributed by atoms with Crippen LogP contribution in [0.1, 0.15) is 36.0 Å². The first-order valence-corrected chi connectivity index (χ1v) is 10.9. The van der Waals surface area contributed by atoms with Crippen molar-refractivity contribution in [1.82, 2.24) is 20.2 Å². The number of ether oxygens (including phenoxy) is 1. The maximum Gasteiger partial charge on any atom is 0.341 e. The number of ketones is 1. The zero-order valence-corrected chi connectivity index (χ0v) is 18.0. The largest absolute Gasteiger partial charge is 0.482 e. The van der Waals surface area contributed by atoms with E-state index in [1.54, 1.807) is 41.5 Å². The molecule has 166 valence electrons. The fraction of sp³-hybridized carbons (Fsp3) is 0.273. The van der Waals surface area contributed by atoms with Crippen molar-refractivity contribution in [3.8, 4) is 5.75 Å². The maximum absolute atomic E-state index is 12.7. The molecule has 4 rings (SSSR count).